The highest BCUT2D eigenvalue weighted by Crippen LogP contribution is 2.32. The molecule has 1 unspecified atom stereocenters. The third-order valence-electron chi connectivity index (χ3n) is 2.66. The zero-order valence-corrected chi connectivity index (χ0v) is 10.9. The Balaban J connectivity index is 2.09. The number of hydrogen-bond donors (Lipinski definition) is 3. The highest BCUT2D eigenvalue weighted by molar-refractivity contribution is 7.80. The molecule has 0 spiro atoms. The Bertz CT molecular complexity index is 505. The zero-order valence-electron chi connectivity index (χ0n) is 9.96. The van der Waals surface area contributed by atoms with Crippen molar-refractivity contribution in [2.75, 3.05) is 12.5 Å². The minimum absolute atomic E-state index is 0.123. The molecular formula is C12H13NO5S. The Hall–Kier alpha value is -1.89. The van der Waals surface area contributed by atoms with Gasteiger partial charge in [0.25, 0.3) is 5.91 Å². The fraction of sp³-hybridized carbons (Fsp3) is 0.333. The number of hydrogen-bond acceptors (Lipinski definition) is 5. The van der Waals surface area contributed by atoms with Crippen molar-refractivity contribution in [3.05, 3.63) is 23.8 Å². The lowest BCUT2D eigenvalue weighted by Crippen LogP contribution is -2.41. The second kappa shape index (κ2) is 5.83. The molecule has 6 nitrogen and oxygen atoms in total. The first-order valence-corrected chi connectivity index (χ1v) is 6.29. The first-order valence-electron chi connectivity index (χ1n) is 5.66. The molecule has 0 aromatic heterocycles. The summed E-state index contributed by atoms with van der Waals surface area (Å²) in [5.41, 5.74) is 0.328. The summed E-state index contributed by atoms with van der Waals surface area (Å²) in [4.78, 5) is 22.9. The molecule has 19 heavy (non-hydrogen) atoms. The molecular weight excluding hydrogens is 270 g/mol. The van der Waals surface area contributed by atoms with Crippen molar-refractivity contribution in [2.45, 2.75) is 12.5 Å². The van der Waals surface area contributed by atoms with E-state index in [-0.39, 0.29) is 13.2 Å². The lowest BCUT2D eigenvalue weighted by Gasteiger charge is -2.13. The molecule has 1 heterocycles. The zero-order chi connectivity index (χ0) is 13.8. The van der Waals surface area contributed by atoms with E-state index in [4.69, 9.17) is 14.6 Å². The second-order valence-corrected chi connectivity index (χ2v) is 4.39. The predicted octanol–water partition coefficient (Wildman–Crippen LogP) is 0.918. The maximum Gasteiger partial charge on any atom is 0.326 e. The summed E-state index contributed by atoms with van der Waals surface area (Å²) in [6, 6.07) is 3.75. The molecule has 1 aromatic rings. The van der Waals surface area contributed by atoms with E-state index in [0.717, 1.165) is 0 Å². The van der Waals surface area contributed by atoms with Gasteiger partial charge in [-0.15, -0.1) is 0 Å². The van der Waals surface area contributed by atoms with Gasteiger partial charge in [-0.25, -0.2) is 4.79 Å². The monoisotopic (exact) mass is 283 g/mol. The molecule has 1 amide bonds. The number of ether oxygens (including phenoxy) is 2. The Morgan fingerprint density at radius 1 is 1.37 bits per heavy atom. The van der Waals surface area contributed by atoms with Crippen LogP contribution in [0.1, 0.15) is 16.8 Å². The van der Waals surface area contributed by atoms with Gasteiger partial charge in [0.15, 0.2) is 11.5 Å². The first-order chi connectivity index (χ1) is 9.11. The molecule has 1 aromatic carbocycles. The number of thiol groups is 1. The minimum atomic E-state index is -1.08. The summed E-state index contributed by atoms with van der Waals surface area (Å²) in [5, 5.41) is 11.4. The highest BCUT2D eigenvalue weighted by Gasteiger charge is 2.21. The average Bonchev–Trinajstić information content (AvgIpc) is 2.85. The number of amides is 1. The third kappa shape index (κ3) is 3.11. The van der Waals surface area contributed by atoms with E-state index in [1.54, 1.807) is 12.1 Å². The molecule has 102 valence electrons. The normalized spacial score (nSPS) is 13.9. The van der Waals surface area contributed by atoms with Crippen LogP contribution in [0.5, 0.6) is 11.5 Å². The van der Waals surface area contributed by atoms with Gasteiger partial charge in [-0.2, -0.15) is 12.6 Å². The Morgan fingerprint density at radius 2 is 2.11 bits per heavy atom. The number of rotatable bonds is 5. The van der Waals surface area contributed by atoms with Crippen LogP contribution in [0.4, 0.5) is 0 Å². The number of aliphatic carboxylic acids is 1. The molecule has 0 radical (unpaired) electrons. The molecule has 1 aliphatic rings. The van der Waals surface area contributed by atoms with E-state index < -0.39 is 17.9 Å². The number of nitrogens with one attached hydrogen (secondary N) is 1. The summed E-state index contributed by atoms with van der Waals surface area (Å²) < 4.78 is 10.3. The number of carbonyl (C=O) groups excluding carboxylic acids is 1. The second-order valence-electron chi connectivity index (χ2n) is 3.94. The highest BCUT2D eigenvalue weighted by atomic mass is 32.1. The van der Waals surface area contributed by atoms with Crippen LogP contribution >= 0.6 is 12.6 Å². The van der Waals surface area contributed by atoms with Crippen molar-refractivity contribution in [3.8, 4) is 11.5 Å². The number of carboxylic acid groups (broad SMARTS) is 1. The maximum absolute atomic E-state index is 11.9. The molecule has 1 aliphatic heterocycles. The van der Waals surface area contributed by atoms with Crippen LogP contribution in [0, 0.1) is 0 Å². The molecule has 0 aliphatic carbocycles. The Labute approximate surface area is 115 Å². The molecule has 1 atom stereocenters. The van der Waals surface area contributed by atoms with Crippen LogP contribution < -0.4 is 14.8 Å². The van der Waals surface area contributed by atoms with E-state index in [1.165, 1.54) is 6.07 Å². The standard InChI is InChI=1S/C12H13NO5S/c14-11(13-8(3-4-19)12(15)16)7-1-2-9-10(5-7)18-6-17-9/h1-2,5,8,19H,3-4,6H2,(H,13,14)(H,15,16). The van der Waals surface area contributed by atoms with Crippen molar-refractivity contribution in [1.29, 1.82) is 0 Å². The van der Waals surface area contributed by atoms with Crippen molar-refractivity contribution >= 4 is 24.5 Å². The molecule has 7 heteroatoms. The molecule has 2 rings (SSSR count). The van der Waals surface area contributed by atoms with Gasteiger partial charge in [0.2, 0.25) is 6.79 Å². The van der Waals surface area contributed by atoms with Gasteiger partial charge < -0.3 is 19.9 Å². The minimum Gasteiger partial charge on any atom is -0.480 e. The van der Waals surface area contributed by atoms with E-state index >= 15 is 0 Å². The summed E-state index contributed by atoms with van der Waals surface area (Å²) in [6.45, 7) is 0.123. The quantitative estimate of drug-likeness (QED) is 0.700. The van der Waals surface area contributed by atoms with E-state index in [9.17, 15) is 9.59 Å². The lowest BCUT2D eigenvalue weighted by molar-refractivity contribution is -0.139. The van der Waals surface area contributed by atoms with Crippen molar-refractivity contribution in [3.63, 3.8) is 0 Å². The summed E-state index contributed by atoms with van der Waals surface area (Å²) >= 11 is 3.97. The topological polar surface area (TPSA) is 84.9 Å². The van der Waals surface area contributed by atoms with Crippen LogP contribution in [-0.2, 0) is 4.79 Å². The fourth-order valence-corrected chi connectivity index (χ4v) is 1.92. The summed E-state index contributed by atoms with van der Waals surface area (Å²) in [6.07, 6.45) is 0.259. The van der Waals surface area contributed by atoms with E-state index in [0.29, 0.717) is 22.8 Å². The van der Waals surface area contributed by atoms with Crippen LogP contribution in [-0.4, -0.2) is 35.6 Å². The van der Waals surface area contributed by atoms with Crippen molar-refractivity contribution in [1.82, 2.24) is 5.32 Å². The first kappa shape index (κ1) is 13.5. The lowest BCUT2D eigenvalue weighted by atomic mass is 10.1. The van der Waals surface area contributed by atoms with Crippen LogP contribution in [0.15, 0.2) is 18.2 Å². The number of benzene rings is 1. The molecule has 0 fully saturated rings. The number of carboxylic acids is 1. The molecule has 0 saturated carbocycles. The van der Waals surface area contributed by atoms with Gasteiger partial charge in [-0.3, -0.25) is 4.79 Å². The molecule has 2 N–H and O–H groups in total. The van der Waals surface area contributed by atoms with Gasteiger partial charge in [0, 0.05) is 5.56 Å². The smallest absolute Gasteiger partial charge is 0.326 e. The summed E-state index contributed by atoms with van der Waals surface area (Å²) in [5.74, 6) is -0.121. The molecule has 0 saturated heterocycles. The van der Waals surface area contributed by atoms with Gasteiger partial charge in [-0.05, 0) is 30.4 Å². The Morgan fingerprint density at radius 3 is 2.79 bits per heavy atom. The summed E-state index contributed by atoms with van der Waals surface area (Å²) in [7, 11) is 0. The van der Waals surface area contributed by atoms with Crippen molar-refractivity contribution in [2.24, 2.45) is 0 Å². The van der Waals surface area contributed by atoms with Gasteiger partial charge in [-0.1, -0.05) is 0 Å². The van der Waals surface area contributed by atoms with Crippen LogP contribution in [0.25, 0.3) is 0 Å². The van der Waals surface area contributed by atoms with Gasteiger partial charge in [0.1, 0.15) is 6.04 Å². The maximum atomic E-state index is 11.9. The van der Waals surface area contributed by atoms with Crippen LogP contribution in [0.2, 0.25) is 0 Å². The van der Waals surface area contributed by atoms with Gasteiger partial charge in [0.05, 0.1) is 0 Å². The Kier molecular flexibility index (Phi) is 4.16. The average molecular weight is 283 g/mol. The van der Waals surface area contributed by atoms with Gasteiger partial charge >= 0.3 is 5.97 Å². The number of carbonyl (C=O) groups is 2. The van der Waals surface area contributed by atoms with Crippen LogP contribution in [0.3, 0.4) is 0 Å². The third-order valence-corrected chi connectivity index (χ3v) is 2.91. The van der Waals surface area contributed by atoms with E-state index in [2.05, 4.69) is 17.9 Å². The molecule has 0 bridgehead atoms. The largest absolute Gasteiger partial charge is 0.480 e. The predicted molar refractivity (Wildman–Crippen MR) is 69.9 cm³/mol. The van der Waals surface area contributed by atoms with Crippen molar-refractivity contribution < 1.29 is 24.2 Å². The fourth-order valence-electron chi connectivity index (χ4n) is 1.67. The number of fused-ring (bicyclic) bond motifs is 1. The van der Waals surface area contributed by atoms with E-state index in [1.807, 2.05) is 0 Å². The SMILES string of the molecule is O=C(NC(CCS)C(=O)O)c1ccc2c(c1)OCO2.